The molecule has 0 aliphatic carbocycles. The summed E-state index contributed by atoms with van der Waals surface area (Å²) in [6.07, 6.45) is 9.61. The van der Waals surface area contributed by atoms with Crippen molar-refractivity contribution in [3.63, 3.8) is 0 Å². The summed E-state index contributed by atoms with van der Waals surface area (Å²) in [5, 5.41) is 0.665. The largest absolute Gasteiger partial charge is 0.481 e. The zero-order valence-electron chi connectivity index (χ0n) is 16.3. The molecule has 4 nitrogen and oxygen atoms in total. The van der Waals surface area contributed by atoms with Crippen LogP contribution < -0.4 is 4.74 Å². The summed E-state index contributed by atoms with van der Waals surface area (Å²) in [6, 6.07) is 5.39. The van der Waals surface area contributed by atoms with Gasteiger partial charge in [0, 0.05) is 24.3 Å². The molecule has 0 unspecified atom stereocenters. The van der Waals surface area contributed by atoms with E-state index in [0.29, 0.717) is 15.4 Å². The van der Waals surface area contributed by atoms with Gasteiger partial charge in [0.05, 0.1) is 0 Å². The Labute approximate surface area is 163 Å². The maximum absolute atomic E-state index is 12.4. The molecular weight excluding hydrogens is 350 g/mol. The van der Waals surface area contributed by atoms with Crippen LogP contribution in [0.1, 0.15) is 63.9 Å². The number of aryl methyl sites for hydroxylation is 1. The van der Waals surface area contributed by atoms with E-state index in [1.807, 2.05) is 13.0 Å². The van der Waals surface area contributed by atoms with Crippen molar-refractivity contribution >= 4 is 17.6 Å². The van der Waals surface area contributed by atoms with Crippen molar-refractivity contribution in [2.75, 3.05) is 26.2 Å². The molecule has 1 aliphatic heterocycles. The molecule has 0 aromatic heterocycles. The lowest BCUT2D eigenvalue weighted by atomic mass is 10.1. The molecule has 0 bridgehead atoms. The average molecular weight is 383 g/mol. The lowest BCUT2D eigenvalue weighted by molar-refractivity contribution is -1.09. The number of halogens is 1. The van der Waals surface area contributed by atoms with E-state index in [4.69, 9.17) is 21.2 Å². The number of hydroxylamine groups is 3. The number of hydrogen-bond acceptors (Lipinski definition) is 3. The van der Waals surface area contributed by atoms with Gasteiger partial charge >= 0.3 is 5.97 Å². The molecule has 0 spiro atoms. The highest BCUT2D eigenvalue weighted by atomic mass is 35.5. The Kier molecular flexibility index (Phi) is 8.73. The summed E-state index contributed by atoms with van der Waals surface area (Å²) in [5.74, 6) is 0.394. The van der Waals surface area contributed by atoms with Gasteiger partial charge in [-0.3, -0.25) is 4.84 Å². The number of carbonyl (C=O) groups excluding carboxylic acids is 1. The number of benzene rings is 1. The third-order valence-corrected chi connectivity index (χ3v) is 5.31. The first-order chi connectivity index (χ1) is 12.5. The first kappa shape index (κ1) is 21.0. The molecule has 146 valence electrons. The van der Waals surface area contributed by atoms with E-state index in [2.05, 4.69) is 6.92 Å². The van der Waals surface area contributed by atoms with Gasteiger partial charge in [0.2, 0.25) is 0 Å². The van der Waals surface area contributed by atoms with Crippen LogP contribution in [-0.4, -0.2) is 36.9 Å². The number of nitrogens with zero attached hydrogens (tertiary/aromatic N) is 1. The van der Waals surface area contributed by atoms with Gasteiger partial charge in [0.1, 0.15) is 25.4 Å². The molecule has 0 atom stereocenters. The van der Waals surface area contributed by atoms with Crippen molar-refractivity contribution in [1.82, 2.24) is 0 Å². The lowest BCUT2D eigenvalue weighted by Gasteiger charge is -2.37. The van der Waals surface area contributed by atoms with E-state index in [1.165, 1.54) is 32.1 Å². The molecule has 5 heteroatoms. The Balaban J connectivity index is 1.85. The van der Waals surface area contributed by atoms with Crippen molar-refractivity contribution < 1.29 is 19.0 Å². The van der Waals surface area contributed by atoms with Gasteiger partial charge in [-0.15, -0.1) is 4.65 Å². The third kappa shape index (κ3) is 6.81. The second-order valence-electron chi connectivity index (χ2n) is 7.37. The van der Waals surface area contributed by atoms with Gasteiger partial charge in [-0.1, -0.05) is 37.8 Å². The molecule has 0 N–H and O–H groups in total. The molecule has 1 aromatic rings. The molecule has 1 aromatic carbocycles. The molecular formula is C21H33ClNO3+. The highest BCUT2D eigenvalue weighted by Crippen LogP contribution is 2.24. The molecule has 0 saturated carbocycles. The highest BCUT2D eigenvalue weighted by Gasteiger charge is 2.35. The minimum Gasteiger partial charge on any atom is -0.481 e. The van der Waals surface area contributed by atoms with Crippen molar-refractivity contribution in [2.45, 2.75) is 65.2 Å². The molecule has 1 heterocycles. The fourth-order valence-corrected chi connectivity index (χ4v) is 3.83. The van der Waals surface area contributed by atoms with Crippen LogP contribution >= 0.6 is 11.6 Å². The van der Waals surface area contributed by atoms with Crippen molar-refractivity contribution in [1.29, 1.82) is 0 Å². The fourth-order valence-electron chi connectivity index (χ4n) is 3.61. The summed E-state index contributed by atoms with van der Waals surface area (Å²) >= 11 is 5.96. The zero-order chi connectivity index (χ0) is 18.8. The quantitative estimate of drug-likeness (QED) is 0.398. The summed E-state index contributed by atoms with van der Waals surface area (Å²) in [4.78, 5) is 18.3. The molecule has 0 amide bonds. The Morgan fingerprint density at radius 3 is 2.54 bits per heavy atom. The lowest BCUT2D eigenvalue weighted by Crippen LogP contribution is -2.53. The number of likely N-dealkylation sites (tertiary alicyclic amines) is 1. The summed E-state index contributed by atoms with van der Waals surface area (Å²) < 4.78 is 6.13. The fraction of sp³-hybridized carbons (Fsp3) is 0.667. The van der Waals surface area contributed by atoms with Crippen LogP contribution in [0.4, 0.5) is 0 Å². The predicted octanol–water partition coefficient (Wildman–Crippen LogP) is 5.46. The number of quaternary nitrogens is 1. The maximum atomic E-state index is 12.4. The Hall–Kier alpha value is -1.26. The van der Waals surface area contributed by atoms with Gasteiger partial charge < -0.3 is 4.74 Å². The monoisotopic (exact) mass is 382 g/mol. The number of rotatable bonds is 10. The first-order valence-electron chi connectivity index (χ1n) is 10.0. The summed E-state index contributed by atoms with van der Waals surface area (Å²) in [6.45, 7) is 6.87. The Morgan fingerprint density at radius 2 is 1.85 bits per heavy atom. The molecule has 0 radical (unpaired) electrons. The smallest absolute Gasteiger partial charge is 0.403 e. The minimum atomic E-state index is -0.283. The number of hydrogen-bond donors (Lipinski definition) is 0. The van der Waals surface area contributed by atoms with E-state index >= 15 is 0 Å². The Morgan fingerprint density at radius 1 is 1.12 bits per heavy atom. The van der Waals surface area contributed by atoms with E-state index in [0.717, 1.165) is 44.5 Å². The van der Waals surface area contributed by atoms with Gasteiger partial charge in [0.25, 0.3) is 0 Å². The minimum absolute atomic E-state index is 0.0572. The molecule has 1 fully saturated rings. The summed E-state index contributed by atoms with van der Waals surface area (Å²) in [7, 11) is 0. The SMILES string of the molecule is CCCCCCC[N+]1(OC(=O)COc2ccc(Cl)cc2C)CCCCC1. The van der Waals surface area contributed by atoms with Crippen LogP contribution in [0.5, 0.6) is 5.75 Å². The van der Waals surface area contributed by atoms with Gasteiger partial charge in [0.15, 0.2) is 6.61 Å². The topological polar surface area (TPSA) is 35.5 Å². The number of ether oxygens (including phenoxy) is 1. The van der Waals surface area contributed by atoms with E-state index < -0.39 is 0 Å². The second kappa shape index (κ2) is 10.8. The van der Waals surface area contributed by atoms with Crippen LogP contribution in [0.15, 0.2) is 18.2 Å². The zero-order valence-corrected chi connectivity index (χ0v) is 17.0. The van der Waals surface area contributed by atoms with E-state index in [-0.39, 0.29) is 12.6 Å². The molecule has 26 heavy (non-hydrogen) atoms. The van der Waals surface area contributed by atoms with Crippen LogP contribution in [-0.2, 0) is 9.63 Å². The number of carbonyl (C=O) groups is 1. The van der Waals surface area contributed by atoms with E-state index in [1.54, 1.807) is 12.1 Å². The predicted molar refractivity (Wildman–Crippen MR) is 105 cm³/mol. The molecule has 1 aliphatic rings. The first-order valence-corrected chi connectivity index (χ1v) is 10.4. The molecule has 2 rings (SSSR count). The van der Waals surface area contributed by atoms with Crippen LogP contribution in [0.3, 0.4) is 0 Å². The highest BCUT2D eigenvalue weighted by molar-refractivity contribution is 6.30. The summed E-state index contributed by atoms with van der Waals surface area (Å²) in [5.41, 5.74) is 0.920. The van der Waals surface area contributed by atoms with Crippen LogP contribution in [0.25, 0.3) is 0 Å². The normalized spacial score (nSPS) is 16.3. The number of unbranched alkanes of at least 4 members (excludes halogenated alkanes) is 4. The van der Waals surface area contributed by atoms with Crippen molar-refractivity contribution in [2.24, 2.45) is 0 Å². The van der Waals surface area contributed by atoms with Gasteiger partial charge in [-0.25, -0.2) is 4.79 Å². The van der Waals surface area contributed by atoms with Crippen molar-refractivity contribution in [3.05, 3.63) is 28.8 Å². The van der Waals surface area contributed by atoms with Crippen molar-refractivity contribution in [3.8, 4) is 5.75 Å². The van der Waals surface area contributed by atoms with Gasteiger partial charge in [-0.05, 0) is 43.5 Å². The number of piperidine rings is 1. The van der Waals surface area contributed by atoms with Crippen LogP contribution in [0, 0.1) is 6.92 Å². The Bertz CT molecular complexity index is 570. The van der Waals surface area contributed by atoms with E-state index in [9.17, 15) is 4.79 Å². The standard InChI is InChI=1S/C21H33ClNO3/c1-3-4-5-6-8-13-23(14-9-7-10-15-23)26-21(24)17-25-20-12-11-19(22)16-18(20)2/h11-12,16H,3-10,13-15,17H2,1-2H3/q+1. The average Bonchev–Trinajstić information content (AvgIpc) is 2.61. The third-order valence-electron chi connectivity index (χ3n) is 5.08. The van der Waals surface area contributed by atoms with Crippen LogP contribution in [0.2, 0.25) is 5.02 Å². The maximum Gasteiger partial charge on any atom is 0.403 e. The van der Waals surface area contributed by atoms with Gasteiger partial charge in [-0.2, -0.15) is 0 Å². The second-order valence-corrected chi connectivity index (χ2v) is 7.80. The molecule has 1 saturated heterocycles.